The van der Waals surface area contributed by atoms with E-state index in [0.29, 0.717) is 6.42 Å². The lowest BCUT2D eigenvalue weighted by Gasteiger charge is -2.19. The molecule has 0 radical (unpaired) electrons. The highest BCUT2D eigenvalue weighted by molar-refractivity contribution is 7.17. The highest BCUT2D eigenvalue weighted by atomic mass is 32.1. The zero-order valence-electron chi connectivity index (χ0n) is 12.0. The molecule has 0 saturated carbocycles. The van der Waals surface area contributed by atoms with E-state index in [9.17, 15) is 4.39 Å². The molecule has 3 aromatic rings. The summed E-state index contributed by atoms with van der Waals surface area (Å²) in [5.41, 5.74) is 2.02. The average Bonchev–Trinajstić information content (AvgIpc) is 2.97. The van der Waals surface area contributed by atoms with E-state index in [1.807, 2.05) is 12.1 Å². The summed E-state index contributed by atoms with van der Waals surface area (Å²) >= 11 is 1.75. The molecular formula is C18H18FNS. The van der Waals surface area contributed by atoms with Gasteiger partial charge in [0.25, 0.3) is 0 Å². The van der Waals surface area contributed by atoms with Gasteiger partial charge in [0, 0.05) is 10.7 Å². The molecule has 21 heavy (non-hydrogen) atoms. The quantitative estimate of drug-likeness (QED) is 0.704. The molecule has 2 aromatic carbocycles. The van der Waals surface area contributed by atoms with Gasteiger partial charge in [-0.1, -0.05) is 43.3 Å². The molecule has 1 unspecified atom stereocenters. The van der Waals surface area contributed by atoms with Crippen molar-refractivity contribution in [3.8, 4) is 0 Å². The summed E-state index contributed by atoms with van der Waals surface area (Å²) in [5.74, 6) is -0.126. The minimum Gasteiger partial charge on any atom is -0.310 e. The molecule has 1 nitrogen and oxygen atoms in total. The summed E-state index contributed by atoms with van der Waals surface area (Å²) in [5, 5.41) is 6.87. The molecule has 0 bridgehead atoms. The number of likely N-dealkylation sites (N-methyl/N-ethyl adjacent to an activating group) is 1. The Morgan fingerprint density at radius 3 is 2.76 bits per heavy atom. The second-order valence-electron chi connectivity index (χ2n) is 5.09. The van der Waals surface area contributed by atoms with Crippen LogP contribution >= 0.6 is 11.3 Å². The molecule has 1 N–H and O–H groups in total. The van der Waals surface area contributed by atoms with Gasteiger partial charge in [-0.2, -0.15) is 0 Å². The Morgan fingerprint density at radius 1 is 1.10 bits per heavy atom. The molecule has 0 spiro atoms. The number of rotatable bonds is 5. The molecule has 0 saturated heterocycles. The standard InChI is InChI=1S/C18H18FNS/c1-2-20-17(12-14-6-3-4-9-16(14)19)15-8-5-7-13-10-11-21-18(13)15/h3-11,17,20H,2,12H2,1H3. The molecule has 3 rings (SSSR count). The Kier molecular flexibility index (Phi) is 4.32. The van der Waals surface area contributed by atoms with Gasteiger partial charge in [0.1, 0.15) is 5.82 Å². The summed E-state index contributed by atoms with van der Waals surface area (Å²) in [6, 6.07) is 15.7. The van der Waals surface area contributed by atoms with Crippen molar-refractivity contribution in [2.75, 3.05) is 6.54 Å². The Bertz CT molecular complexity index is 735. The van der Waals surface area contributed by atoms with Crippen LogP contribution in [0.1, 0.15) is 24.1 Å². The maximum Gasteiger partial charge on any atom is 0.126 e. The normalized spacial score (nSPS) is 12.7. The van der Waals surface area contributed by atoms with Gasteiger partial charge in [-0.15, -0.1) is 11.3 Å². The Labute approximate surface area is 128 Å². The molecule has 0 amide bonds. The largest absolute Gasteiger partial charge is 0.310 e. The number of benzene rings is 2. The summed E-state index contributed by atoms with van der Waals surface area (Å²) in [6.45, 7) is 2.95. The highest BCUT2D eigenvalue weighted by Crippen LogP contribution is 2.31. The number of nitrogens with one attached hydrogen (secondary N) is 1. The first kappa shape index (κ1) is 14.2. The van der Waals surface area contributed by atoms with E-state index in [4.69, 9.17) is 0 Å². The van der Waals surface area contributed by atoms with Gasteiger partial charge < -0.3 is 5.32 Å². The minimum absolute atomic E-state index is 0.126. The molecule has 0 fully saturated rings. The minimum atomic E-state index is -0.126. The summed E-state index contributed by atoms with van der Waals surface area (Å²) in [6.07, 6.45) is 0.664. The maximum atomic E-state index is 13.9. The molecular weight excluding hydrogens is 281 g/mol. The lowest BCUT2D eigenvalue weighted by Crippen LogP contribution is -2.23. The van der Waals surface area contributed by atoms with Gasteiger partial charge >= 0.3 is 0 Å². The van der Waals surface area contributed by atoms with E-state index in [1.54, 1.807) is 17.4 Å². The molecule has 1 aromatic heterocycles. The van der Waals surface area contributed by atoms with Crippen molar-refractivity contribution >= 4 is 21.4 Å². The number of fused-ring (bicyclic) bond motifs is 1. The lowest BCUT2D eigenvalue weighted by molar-refractivity contribution is 0.531. The van der Waals surface area contributed by atoms with Crippen molar-refractivity contribution in [3.05, 3.63) is 70.9 Å². The van der Waals surface area contributed by atoms with Gasteiger partial charge in [0.15, 0.2) is 0 Å². The van der Waals surface area contributed by atoms with Crippen LogP contribution in [0.2, 0.25) is 0 Å². The SMILES string of the molecule is CCNC(Cc1ccccc1F)c1cccc2ccsc12. The third kappa shape index (κ3) is 2.99. The summed E-state index contributed by atoms with van der Waals surface area (Å²) in [7, 11) is 0. The van der Waals surface area contributed by atoms with Crippen LogP contribution in [0.25, 0.3) is 10.1 Å². The fraction of sp³-hybridized carbons (Fsp3) is 0.222. The van der Waals surface area contributed by atoms with E-state index in [-0.39, 0.29) is 11.9 Å². The second kappa shape index (κ2) is 6.37. The average molecular weight is 299 g/mol. The molecule has 3 heteroatoms. The zero-order chi connectivity index (χ0) is 14.7. The fourth-order valence-electron chi connectivity index (χ4n) is 2.71. The maximum absolute atomic E-state index is 13.9. The van der Waals surface area contributed by atoms with Gasteiger partial charge in [0.05, 0.1) is 0 Å². The van der Waals surface area contributed by atoms with Gasteiger partial charge in [-0.25, -0.2) is 4.39 Å². The predicted molar refractivity (Wildman–Crippen MR) is 88.3 cm³/mol. The Morgan fingerprint density at radius 2 is 1.95 bits per heavy atom. The van der Waals surface area contributed by atoms with Crippen molar-refractivity contribution in [2.45, 2.75) is 19.4 Å². The van der Waals surface area contributed by atoms with Gasteiger partial charge in [-0.3, -0.25) is 0 Å². The van der Waals surface area contributed by atoms with E-state index >= 15 is 0 Å². The third-order valence-electron chi connectivity index (χ3n) is 3.72. The molecule has 0 aliphatic heterocycles. The van der Waals surface area contributed by atoms with E-state index in [0.717, 1.165) is 12.1 Å². The van der Waals surface area contributed by atoms with Crippen molar-refractivity contribution in [3.63, 3.8) is 0 Å². The van der Waals surface area contributed by atoms with Crippen LogP contribution in [-0.2, 0) is 6.42 Å². The Balaban J connectivity index is 1.98. The number of hydrogen-bond donors (Lipinski definition) is 1. The highest BCUT2D eigenvalue weighted by Gasteiger charge is 2.16. The van der Waals surface area contributed by atoms with Gasteiger partial charge in [-0.05, 0) is 47.0 Å². The summed E-state index contributed by atoms with van der Waals surface area (Å²) in [4.78, 5) is 0. The van der Waals surface area contributed by atoms with E-state index in [1.165, 1.54) is 21.7 Å². The smallest absolute Gasteiger partial charge is 0.126 e. The molecule has 0 aliphatic rings. The van der Waals surface area contributed by atoms with Crippen LogP contribution in [0.5, 0.6) is 0 Å². The molecule has 0 aliphatic carbocycles. The predicted octanol–water partition coefficient (Wildman–Crippen LogP) is 4.93. The Hall–Kier alpha value is -1.71. The van der Waals surface area contributed by atoms with E-state index in [2.05, 4.69) is 41.9 Å². The lowest BCUT2D eigenvalue weighted by atomic mass is 9.97. The summed E-state index contributed by atoms with van der Waals surface area (Å²) < 4.78 is 15.2. The van der Waals surface area contributed by atoms with Crippen molar-refractivity contribution in [1.29, 1.82) is 0 Å². The van der Waals surface area contributed by atoms with Crippen LogP contribution in [0, 0.1) is 5.82 Å². The monoisotopic (exact) mass is 299 g/mol. The topological polar surface area (TPSA) is 12.0 Å². The zero-order valence-corrected chi connectivity index (χ0v) is 12.8. The number of thiophene rings is 1. The van der Waals surface area contributed by atoms with Crippen LogP contribution in [-0.4, -0.2) is 6.54 Å². The third-order valence-corrected chi connectivity index (χ3v) is 4.70. The van der Waals surface area contributed by atoms with Crippen LogP contribution in [0.3, 0.4) is 0 Å². The van der Waals surface area contributed by atoms with Crippen molar-refractivity contribution in [2.24, 2.45) is 0 Å². The first-order chi connectivity index (χ1) is 10.3. The van der Waals surface area contributed by atoms with Crippen molar-refractivity contribution in [1.82, 2.24) is 5.32 Å². The van der Waals surface area contributed by atoms with E-state index < -0.39 is 0 Å². The molecule has 1 heterocycles. The first-order valence-electron chi connectivity index (χ1n) is 7.22. The molecule has 108 valence electrons. The first-order valence-corrected chi connectivity index (χ1v) is 8.10. The number of halogens is 1. The second-order valence-corrected chi connectivity index (χ2v) is 6.01. The van der Waals surface area contributed by atoms with Gasteiger partial charge in [0.2, 0.25) is 0 Å². The van der Waals surface area contributed by atoms with Crippen molar-refractivity contribution < 1.29 is 4.39 Å². The van der Waals surface area contributed by atoms with Crippen LogP contribution in [0.15, 0.2) is 53.9 Å². The fourth-order valence-corrected chi connectivity index (χ4v) is 3.68. The number of hydrogen-bond acceptors (Lipinski definition) is 2. The van der Waals surface area contributed by atoms with Crippen LogP contribution in [0.4, 0.5) is 4.39 Å². The van der Waals surface area contributed by atoms with Crippen LogP contribution < -0.4 is 5.32 Å². The molecule has 1 atom stereocenters.